The summed E-state index contributed by atoms with van der Waals surface area (Å²) in [6.45, 7) is -0.0304. The van der Waals surface area contributed by atoms with Crippen molar-refractivity contribution in [1.82, 2.24) is 9.55 Å². The fraction of sp³-hybridized carbons (Fsp3) is 0.200. The number of carbonyl (C=O) groups is 2. The second-order valence-corrected chi connectivity index (χ2v) is 7.50. The molecule has 12 heteroatoms. The number of primary amides is 1. The van der Waals surface area contributed by atoms with Crippen molar-refractivity contribution in [3.05, 3.63) is 63.7 Å². The van der Waals surface area contributed by atoms with Gasteiger partial charge in [0.25, 0.3) is 0 Å². The number of benzene rings is 1. The summed E-state index contributed by atoms with van der Waals surface area (Å²) in [7, 11) is 0. The fourth-order valence-electron chi connectivity index (χ4n) is 3.66. The van der Waals surface area contributed by atoms with Crippen LogP contribution in [0.3, 0.4) is 0 Å². The molecule has 166 valence electrons. The number of rotatable bonds is 4. The first-order chi connectivity index (χ1) is 15.0. The van der Waals surface area contributed by atoms with Crippen LogP contribution >= 0.6 is 0 Å². The lowest BCUT2D eigenvalue weighted by Crippen LogP contribution is -2.54. The molecule has 3 heterocycles. The second kappa shape index (κ2) is 7.34. The average Bonchev–Trinajstić information content (AvgIpc) is 3.12. The maximum atomic E-state index is 14.9. The van der Waals surface area contributed by atoms with Gasteiger partial charge in [-0.2, -0.15) is 0 Å². The van der Waals surface area contributed by atoms with E-state index in [1.807, 2.05) is 0 Å². The minimum atomic E-state index is -1.62. The number of anilines is 1. The summed E-state index contributed by atoms with van der Waals surface area (Å²) in [5.74, 6) is -5.60. The Balaban J connectivity index is 1.99. The van der Waals surface area contributed by atoms with Crippen LogP contribution in [0.2, 0.25) is 0 Å². The van der Waals surface area contributed by atoms with Gasteiger partial charge in [0.2, 0.25) is 11.3 Å². The molecular weight excluding hydrogens is 431 g/mol. The Hall–Kier alpha value is -3.93. The van der Waals surface area contributed by atoms with Crippen molar-refractivity contribution in [1.29, 1.82) is 0 Å². The fourth-order valence-corrected chi connectivity index (χ4v) is 3.66. The topological polar surface area (TPSA) is 145 Å². The van der Waals surface area contributed by atoms with Crippen LogP contribution < -0.4 is 21.8 Å². The van der Waals surface area contributed by atoms with E-state index in [-0.39, 0.29) is 36.7 Å². The van der Waals surface area contributed by atoms with Crippen LogP contribution in [0.5, 0.6) is 0 Å². The van der Waals surface area contributed by atoms with E-state index < -0.39 is 51.2 Å². The van der Waals surface area contributed by atoms with Gasteiger partial charge in [-0.1, -0.05) is 0 Å². The van der Waals surface area contributed by atoms with Gasteiger partial charge in [0, 0.05) is 25.4 Å². The summed E-state index contributed by atoms with van der Waals surface area (Å²) < 4.78 is 43.7. The quantitative estimate of drug-likeness (QED) is 0.539. The number of pyridine rings is 2. The van der Waals surface area contributed by atoms with Crippen molar-refractivity contribution in [2.24, 2.45) is 11.5 Å². The number of hydrogen-bond donors (Lipinski definition) is 3. The molecule has 0 spiro atoms. The third-order valence-corrected chi connectivity index (χ3v) is 5.40. The highest BCUT2D eigenvalue weighted by Gasteiger charge is 2.41. The van der Waals surface area contributed by atoms with E-state index in [0.29, 0.717) is 6.07 Å². The smallest absolute Gasteiger partial charge is 0.341 e. The Morgan fingerprint density at radius 3 is 2.47 bits per heavy atom. The molecule has 1 saturated heterocycles. The number of nitrogens with two attached hydrogens (primary N) is 2. The monoisotopic (exact) mass is 447 g/mol. The van der Waals surface area contributed by atoms with Crippen molar-refractivity contribution in [3.63, 3.8) is 0 Å². The SMILES string of the molecule is NC(=O)C1(N)CCN(c2nc3c(cc2F)c(=O)c(C(=O)O)cn3-c2ccc(F)cc2F)C1. The molecule has 2 aromatic heterocycles. The minimum Gasteiger partial charge on any atom is -0.477 e. The minimum absolute atomic E-state index is 0.122. The number of halogens is 3. The molecule has 1 unspecified atom stereocenters. The zero-order chi connectivity index (χ0) is 23.4. The molecule has 32 heavy (non-hydrogen) atoms. The predicted molar refractivity (Wildman–Crippen MR) is 107 cm³/mol. The molecule has 4 rings (SSSR count). The van der Waals surface area contributed by atoms with Crippen LogP contribution in [0.1, 0.15) is 16.8 Å². The summed E-state index contributed by atoms with van der Waals surface area (Å²) in [5.41, 5.74) is 7.48. The number of aromatic carboxylic acids is 1. The van der Waals surface area contributed by atoms with E-state index in [0.717, 1.165) is 29.0 Å². The summed E-state index contributed by atoms with van der Waals surface area (Å²) in [5, 5.41) is 8.94. The van der Waals surface area contributed by atoms with Gasteiger partial charge in [-0.25, -0.2) is 22.9 Å². The van der Waals surface area contributed by atoms with Crippen molar-refractivity contribution in [3.8, 4) is 5.69 Å². The number of fused-ring (bicyclic) bond motifs is 1. The number of amides is 1. The van der Waals surface area contributed by atoms with E-state index in [4.69, 9.17) is 11.5 Å². The molecule has 0 aliphatic carbocycles. The standard InChI is InChI=1S/C20H16F3N5O4/c21-9-1-2-14(12(22)5-9)28-7-11(18(30)31)15(29)10-6-13(23)17(26-16(10)28)27-4-3-20(25,8-27)19(24)32/h1-2,5-7H,3-4,8,25H2,(H2,24,32)(H,30,31). The molecule has 0 saturated carbocycles. The van der Waals surface area contributed by atoms with Crippen LogP contribution in [-0.2, 0) is 4.79 Å². The first-order valence-electron chi connectivity index (χ1n) is 9.30. The number of carbonyl (C=O) groups excluding carboxylic acids is 1. The van der Waals surface area contributed by atoms with Gasteiger partial charge >= 0.3 is 5.97 Å². The highest BCUT2D eigenvalue weighted by atomic mass is 19.1. The summed E-state index contributed by atoms with van der Waals surface area (Å²) >= 11 is 0. The lowest BCUT2D eigenvalue weighted by atomic mass is 10.00. The van der Waals surface area contributed by atoms with Crippen molar-refractivity contribution < 1.29 is 27.9 Å². The van der Waals surface area contributed by atoms with Crippen LogP contribution in [0.4, 0.5) is 19.0 Å². The van der Waals surface area contributed by atoms with Gasteiger partial charge in [0.15, 0.2) is 17.3 Å². The lowest BCUT2D eigenvalue weighted by molar-refractivity contribution is -0.122. The third-order valence-electron chi connectivity index (χ3n) is 5.40. The number of carboxylic acids is 1. The third kappa shape index (κ3) is 3.34. The van der Waals surface area contributed by atoms with Gasteiger partial charge in [0.1, 0.15) is 22.7 Å². The number of carboxylic acid groups (broad SMARTS) is 1. The molecule has 1 aliphatic heterocycles. The Labute approximate surface area is 177 Å². The molecule has 9 nitrogen and oxygen atoms in total. The van der Waals surface area contributed by atoms with Gasteiger partial charge < -0.3 is 21.5 Å². The van der Waals surface area contributed by atoms with Crippen LogP contribution in [0.25, 0.3) is 16.7 Å². The van der Waals surface area contributed by atoms with Crippen molar-refractivity contribution >= 4 is 28.7 Å². The van der Waals surface area contributed by atoms with E-state index in [1.165, 1.54) is 4.90 Å². The number of hydrogen-bond acceptors (Lipinski definition) is 6. The van der Waals surface area contributed by atoms with Crippen LogP contribution in [0.15, 0.2) is 35.3 Å². The maximum Gasteiger partial charge on any atom is 0.341 e. The van der Waals surface area contributed by atoms with E-state index in [9.17, 15) is 32.7 Å². The molecule has 1 atom stereocenters. The second-order valence-electron chi connectivity index (χ2n) is 7.50. The van der Waals surface area contributed by atoms with Crippen LogP contribution in [0, 0.1) is 17.5 Å². The lowest BCUT2D eigenvalue weighted by Gasteiger charge is -2.23. The van der Waals surface area contributed by atoms with Gasteiger partial charge in [-0.15, -0.1) is 0 Å². The molecule has 5 N–H and O–H groups in total. The highest BCUT2D eigenvalue weighted by Crippen LogP contribution is 2.29. The number of aromatic nitrogens is 2. The molecule has 0 radical (unpaired) electrons. The predicted octanol–water partition coefficient (Wildman–Crippen LogP) is 0.894. The van der Waals surface area contributed by atoms with E-state index >= 15 is 0 Å². The maximum absolute atomic E-state index is 14.9. The number of nitrogens with zero attached hydrogens (tertiary/aromatic N) is 3. The normalized spacial score (nSPS) is 18.3. The first-order valence-corrected chi connectivity index (χ1v) is 9.30. The first kappa shape index (κ1) is 21.3. The Morgan fingerprint density at radius 1 is 1.16 bits per heavy atom. The van der Waals surface area contributed by atoms with Crippen molar-refractivity contribution in [2.75, 3.05) is 18.0 Å². The summed E-state index contributed by atoms with van der Waals surface area (Å²) in [6.07, 6.45) is 0.956. The largest absolute Gasteiger partial charge is 0.477 e. The van der Waals surface area contributed by atoms with Crippen LogP contribution in [-0.4, -0.2) is 45.2 Å². The van der Waals surface area contributed by atoms with Gasteiger partial charge in [0.05, 0.1) is 11.1 Å². The Morgan fingerprint density at radius 2 is 1.88 bits per heavy atom. The van der Waals surface area contributed by atoms with E-state index in [2.05, 4.69) is 4.98 Å². The zero-order valence-corrected chi connectivity index (χ0v) is 16.3. The summed E-state index contributed by atoms with van der Waals surface area (Å²) in [6, 6.07) is 3.31. The van der Waals surface area contributed by atoms with Gasteiger partial charge in [-0.05, 0) is 24.6 Å². The molecule has 3 aromatic rings. The van der Waals surface area contributed by atoms with Crippen molar-refractivity contribution in [2.45, 2.75) is 12.0 Å². The highest BCUT2D eigenvalue weighted by molar-refractivity contribution is 5.93. The molecule has 1 aromatic carbocycles. The molecular formula is C20H16F3N5O4. The van der Waals surface area contributed by atoms with E-state index in [1.54, 1.807) is 0 Å². The zero-order valence-electron chi connectivity index (χ0n) is 16.3. The molecule has 1 aliphatic rings. The average molecular weight is 447 g/mol. The molecule has 1 amide bonds. The molecule has 1 fully saturated rings. The Bertz CT molecular complexity index is 1360. The summed E-state index contributed by atoms with van der Waals surface area (Å²) in [4.78, 5) is 41.3. The van der Waals surface area contributed by atoms with Gasteiger partial charge in [-0.3, -0.25) is 14.2 Å². The Kier molecular flexibility index (Phi) is 4.89. The molecule has 0 bridgehead atoms.